The van der Waals surface area contributed by atoms with E-state index in [1.165, 1.54) is 43.3 Å². The molecule has 16 heavy (non-hydrogen) atoms. The minimum Gasteiger partial charge on any atom is -0.351 e. The van der Waals surface area contributed by atoms with Crippen LogP contribution in [0, 0.1) is 11.3 Å². The molecule has 1 fully saturated rings. The van der Waals surface area contributed by atoms with Crippen molar-refractivity contribution in [3.8, 4) is 0 Å². The summed E-state index contributed by atoms with van der Waals surface area (Å²) >= 11 is 1.94. The fourth-order valence-corrected chi connectivity index (χ4v) is 3.71. The van der Waals surface area contributed by atoms with E-state index < -0.39 is 0 Å². The molecule has 2 aliphatic heterocycles. The standard InChI is InChI=1S/C13H24N2S/c1-4-6-13(3,5-2)11-9-15(10-11)12-14-7-8-16-12/h11H,4-10H2,1-3H3. The van der Waals surface area contributed by atoms with Crippen molar-refractivity contribution in [2.45, 2.75) is 40.0 Å². The van der Waals surface area contributed by atoms with Gasteiger partial charge in [0.1, 0.15) is 0 Å². The molecule has 92 valence electrons. The Kier molecular flexibility index (Phi) is 3.83. The topological polar surface area (TPSA) is 15.6 Å². The van der Waals surface area contributed by atoms with Crippen LogP contribution >= 0.6 is 11.8 Å². The van der Waals surface area contributed by atoms with Crippen molar-refractivity contribution in [3.05, 3.63) is 0 Å². The summed E-state index contributed by atoms with van der Waals surface area (Å²) < 4.78 is 0. The summed E-state index contributed by atoms with van der Waals surface area (Å²) in [6, 6.07) is 0. The first-order chi connectivity index (χ1) is 7.69. The van der Waals surface area contributed by atoms with Crippen molar-refractivity contribution < 1.29 is 0 Å². The maximum Gasteiger partial charge on any atom is 0.159 e. The van der Waals surface area contributed by atoms with Gasteiger partial charge in [0.25, 0.3) is 0 Å². The summed E-state index contributed by atoms with van der Waals surface area (Å²) in [6.07, 6.45) is 4.01. The van der Waals surface area contributed by atoms with Gasteiger partial charge < -0.3 is 4.90 Å². The molecule has 1 unspecified atom stereocenters. The molecule has 0 radical (unpaired) electrons. The van der Waals surface area contributed by atoms with E-state index >= 15 is 0 Å². The lowest BCUT2D eigenvalue weighted by molar-refractivity contribution is 0.0429. The number of thioether (sulfide) groups is 1. The van der Waals surface area contributed by atoms with Crippen LogP contribution in [0.5, 0.6) is 0 Å². The maximum absolute atomic E-state index is 4.55. The van der Waals surface area contributed by atoms with Crippen molar-refractivity contribution >= 4 is 16.9 Å². The van der Waals surface area contributed by atoms with Gasteiger partial charge >= 0.3 is 0 Å². The Balaban J connectivity index is 1.86. The normalized spacial score (nSPS) is 25.2. The van der Waals surface area contributed by atoms with Crippen molar-refractivity contribution in [1.82, 2.24) is 4.90 Å². The highest BCUT2D eigenvalue weighted by Crippen LogP contribution is 2.42. The monoisotopic (exact) mass is 240 g/mol. The number of rotatable bonds is 4. The van der Waals surface area contributed by atoms with Crippen LogP contribution in [-0.2, 0) is 0 Å². The molecule has 1 saturated heterocycles. The van der Waals surface area contributed by atoms with Crippen molar-refractivity contribution in [1.29, 1.82) is 0 Å². The maximum atomic E-state index is 4.55. The number of amidine groups is 1. The molecule has 0 saturated carbocycles. The van der Waals surface area contributed by atoms with Gasteiger partial charge in [0.15, 0.2) is 5.17 Å². The van der Waals surface area contributed by atoms with E-state index in [-0.39, 0.29) is 0 Å². The van der Waals surface area contributed by atoms with Crippen LogP contribution in [0.3, 0.4) is 0 Å². The van der Waals surface area contributed by atoms with Crippen LogP contribution in [-0.4, -0.2) is 35.5 Å². The van der Waals surface area contributed by atoms with Crippen LogP contribution in [0.4, 0.5) is 0 Å². The van der Waals surface area contributed by atoms with Crippen LogP contribution in [0.25, 0.3) is 0 Å². The fourth-order valence-electron chi connectivity index (χ4n) is 2.83. The number of hydrogen-bond acceptors (Lipinski definition) is 3. The predicted octanol–water partition coefficient (Wildman–Crippen LogP) is 3.24. The molecule has 0 amide bonds. The van der Waals surface area contributed by atoms with Crippen LogP contribution in [0.15, 0.2) is 4.99 Å². The number of aliphatic imine (C=N–C) groups is 1. The zero-order valence-corrected chi connectivity index (χ0v) is 11.6. The number of likely N-dealkylation sites (tertiary alicyclic amines) is 1. The fraction of sp³-hybridized carbons (Fsp3) is 0.923. The summed E-state index contributed by atoms with van der Waals surface area (Å²) in [7, 11) is 0. The van der Waals surface area contributed by atoms with Crippen molar-refractivity contribution in [2.24, 2.45) is 16.3 Å². The van der Waals surface area contributed by atoms with Gasteiger partial charge in [-0.1, -0.05) is 45.4 Å². The molecule has 0 aromatic heterocycles. The van der Waals surface area contributed by atoms with Crippen molar-refractivity contribution in [2.75, 3.05) is 25.4 Å². The van der Waals surface area contributed by atoms with Crippen molar-refractivity contribution in [3.63, 3.8) is 0 Å². The first-order valence-electron chi connectivity index (χ1n) is 6.62. The van der Waals surface area contributed by atoms with Gasteiger partial charge in [-0.25, -0.2) is 0 Å². The van der Waals surface area contributed by atoms with E-state index in [1.807, 2.05) is 11.8 Å². The second-order valence-corrected chi connectivity index (χ2v) is 6.43. The Labute approximate surface area is 104 Å². The van der Waals surface area contributed by atoms with Crippen LogP contribution < -0.4 is 0 Å². The van der Waals surface area contributed by atoms with E-state index in [4.69, 9.17) is 0 Å². The molecular formula is C13H24N2S. The minimum absolute atomic E-state index is 0.565. The lowest BCUT2D eigenvalue weighted by atomic mass is 9.68. The molecule has 0 aromatic rings. The quantitative estimate of drug-likeness (QED) is 0.749. The lowest BCUT2D eigenvalue weighted by Gasteiger charge is -2.49. The molecule has 3 heteroatoms. The molecule has 0 bridgehead atoms. The number of nitrogens with zero attached hydrogens (tertiary/aromatic N) is 2. The van der Waals surface area contributed by atoms with E-state index in [0.717, 1.165) is 12.5 Å². The summed E-state index contributed by atoms with van der Waals surface area (Å²) in [5.41, 5.74) is 0.565. The Hall–Kier alpha value is -0.180. The number of hydrogen-bond donors (Lipinski definition) is 0. The molecule has 0 aromatic carbocycles. The highest BCUT2D eigenvalue weighted by atomic mass is 32.2. The summed E-state index contributed by atoms with van der Waals surface area (Å²) in [6.45, 7) is 10.6. The predicted molar refractivity (Wildman–Crippen MR) is 73.1 cm³/mol. The van der Waals surface area contributed by atoms with Crippen LogP contribution in [0.1, 0.15) is 40.0 Å². The van der Waals surface area contributed by atoms with Gasteiger partial charge in [-0.15, -0.1) is 0 Å². The Morgan fingerprint density at radius 3 is 2.69 bits per heavy atom. The zero-order chi connectivity index (χ0) is 11.6. The van der Waals surface area contributed by atoms with Crippen LogP contribution in [0.2, 0.25) is 0 Å². The second-order valence-electron chi connectivity index (χ2n) is 5.37. The van der Waals surface area contributed by atoms with Gasteiger partial charge in [-0.05, 0) is 17.8 Å². The third-order valence-electron chi connectivity index (χ3n) is 4.34. The first kappa shape index (κ1) is 12.3. The van der Waals surface area contributed by atoms with Gasteiger partial charge in [0.05, 0.1) is 6.54 Å². The summed E-state index contributed by atoms with van der Waals surface area (Å²) in [5.74, 6) is 2.08. The summed E-state index contributed by atoms with van der Waals surface area (Å²) in [5, 5.41) is 1.31. The van der Waals surface area contributed by atoms with Gasteiger partial charge in [0.2, 0.25) is 0 Å². The molecule has 2 heterocycles. The lowest BCUT2D eigenvalue weighted by Crippen LogP contribution is -2.54. The molecule has 2 nitrogen and oxygen atoms in total. The molecular weight excluding hydrogens is 216 g/mol. The largest absolute Gasteiger partial charge is 0.351 e. The summed E-state index contributed by atoms with van der Waals surface area (Å²) in [4.78, 5) is 7.03. The molecule has 0 spiro atoms. The third-order valence-corrected chi connectivity index (χ3v) is 5.37. The molecule has 2 aliphatic rings. The third kappa shape index (κ3) is 2.24. The highest BCUT2D eigenvalue weighted by molar-refractivity contribution is 8.14. The molecule has 0 aliphatic carbocycles. The van der Waals surface area contributed by atoms with E-state index in [9.17, 15) is 0 Å². The molecule has 2 rings (SSSR count). The molecule has 1 atom stereocenters. The highest BCUT2D eigenvalue weighted by Gasteiger charge is 2.41. The van der Waals surface area contributed by atoms with Gasteiger partial charge in [-0.2, -0.15) is 0 Å². The van der Waals surface area contributed by atoms with Gasteiger partial charge in [0, 0.05) is 18.8 Å². The molecule has 0 N–H and O–H groups in total. The van der Waals surface area contributed by atoms with Gasteiger partial charge in [-0.3, -0.25) is 4.99 Å². The Morgan fingerprint density at radius 2 is 2.19 bits per heavy atom. The van der Waals surface area contributed by atoms with E-state index in [2.05, 4.69) is 30.7 Å². The van der Waals surface area contributed by atoms with E-state index in [0.29, 0.717) is 5.41 Å². The Morgan fingerprint density at radius 1 is 1.44 bits per heavy atom. The zero-order valence-electron chi connectivity index (χ0n) is 10.8. The smallest absolute Gasteiger partial charge is 0.159 e. The SMILES string of the molecule is CCCC(C)(CC)C1CN(C2=NCCS2)C1. The Bertz CT molecular complexity index is 271. The first-order valence-corrected chi connectivity index (χ1v) is 7.60. The van der Waals surface area contributed by atoms with E-state index in [1.54, 1.807) is 0 Å². The second kappa shape index (κ2) is 4.99. The minimum atomic E-state index is 0.565. The average Bonchev–Trinajstić information content (AvgIpc) is 2.69. The average molecular weight is 240 g/mol.